The van der Waals surface area contributed by atoms with Crippen LogP contribution in [0.4, 0.5) is 22.7 Å². The second-order valence-corrected chi connectivity index (χ2v) is 19.9. The van der Waals surface area contributed by atoms with Crippen LogP contribution in [0.5, 0.6) is 0 Å². The number of benzene rings is 7. The predicted molar refractivity (Wildman–Crippen MR) is 317 cm³/mol. The van der Waals surface area contributed by atoms with Gasteiger partial charge in [0.1, 0.15) is 0 Å². The van der Waals surface area contributed by atoms with Crippen molar-refractivity contribution in [2.24, 2.45) is 0 Å². The molecule has 0 bridgehead atoms. The summed E-state index contributed by atoms with van der Waals surface area (Å²) in [5.74, 6) is 0. The number of fused-ring (bicyclic) bond motifs is 4. The quantitative estimate of drug-likeness (QED) is 0.0589. The number of aryl methyl sites for hydroxylation is 3. The van der Waals surface area contributed by atoms with Crippen LogP contribution >= 0.6 is 0 Å². The molecule has 7 aromatic carbocycles. The first-order valence-electron chi connectivity index (χ1n) is 26.6. The van der Waals surface area contributed by atoms with Gasteiger partial charge >= 0.3 is 0 Å². The molecular formula is C71H68N2. The highest BCUT2D eigenvalue weighted by molar-refractivity contribution is 5.97. The fourth-order valence-corrected chi connectivity index (χ4v) is 11.8. The normalized spacial score (nSPS) is 15.9. The minimum absolute atomic E-state index is 0.276. The van der Waals surface area contributed by atoms with Gasteiger partial charge in [-0.15, -0.1) is 0 Å². The number of unbranched alkanes of at least 4 members (excludes halogenated alkanes) is 2. The van der Waals surface area contributed by atoms with Crippen LogP contribution in [0.3, 0.4) is 0 Å². The molecule has 0 saturated carbocycles. The van der Waals surface area contributed by atoms with Crippen molar-refractivity contribution in [2.45, 2.75) is 83.5 Å². The molecule has 2 nitrogen and oxygen atoms in total. The Hall–Kier alpha value is -7.94. The molecule has 0 N–H and O–H groups in total. The zero-order valence-electron chi connectivity index (χ0n) is 42.8. The monoisotopic (exact) mass is 949 g/mol. The van der Waals surface area contributed by atoms with Crippen molar-refractivity contribution in [3.8, 4) is 0 Å². The van der Waals surface area contributed by atoms with Crippen LogP contribution in [-0.2, 0) is 18.3 Å². The first-order chi connectivity index (χ1) is 36.0. The molecule has 0 aliphatic heterocycles. The van der Waals surface area contributed by atoms with E-state index in [0.29, 0.717) is 0 Å². The van der Waals surface area contributed by atoms with Crippen LogP contribution in [0, 0.1) is 6.92 Å². The first kappa shape index (κ1) is 48.7. The number of anilines is 4. The van der Waals surface area contributed by atoms with Crippen LogP contribution in [0.25, 0.3) is 34.6 Å². The number of nitrogens with zero attached hydrogens (tertiary/aromatic N) is 2. The average molecular weight is 949 g/mol. The summed E-state index contributed by atoms with van der Waals surface area (Å²) in [7, 11) is 0. The predicted octanol–water partition coefficient (Wildman–Crippen LogP) is 19.5. The summed E-state index contributed by atoms with van der Waals surface area (Å²) in [4.78, 5) is 5.01. The number of allylic oxidation sites excluding steroid dienone is 11. The van der Waals surface area contributed by atoms with Gasteiger partial charge in [0, 0.05) is 45.6 Å². The van der Waals surface area contributed by atoms with Crippen molar-refractivity contribution < 1.29 is 0 Å². The second kappa shape index (κ2) is 22.6. The van der Waals surface area contributed by atoms with Crippen molar-refractivity contribution in [3.63, 3.8) is 0 Å². The summed E-state index contributed by atoms with van der Waals surface area (Å²) < 4.78 is 0. The summed E-state index contributed by atoms with van der Waals surface area (Å²) in [5.41, 5.74) is 20.1. The number of hydrogen-bond acceptors (Lipinski definition) is 2. The van der Waals surface area contributed by atoms with E-state index in [-0.39, 0.29) is 5.41 Å². The van der Waals surface area contributed by atoms with E-state index in [9.17, 15) is 0 Å². The van der Waals surface area contributed by atoms with Gasteiger partial charge in [-0.2, -0.15) is 0 Å². The van der Waals surface area contributed by atoms with Crippen molar-refractivity contribution in [1.29, 1.82) is 0 Å². The highest BCUT2D eigenvalue weighted by Gasteiger charge is 2.44. The van der Waals surface area contributed by atoms with Crippen LogP contribution < -0.4 is 9.80 Å². The molecule has 0 radical (unpaired) electrons. The van der Waals surface area contributed by atoms with Crippen molar-refractivity contribution in [3.05, 3.63) is 287 Å². The average Bonchev–Trinajstić information content (AvgIpc) is 3.67. The molecule has 0 spiro atoms. The molecule has 73 heavy (non-hydrogen) atoms. The molecule has 1 atom stereocenters. The first-order valence-corrected chi connectivity index (χ1v) is 26.6. The molecule has 1 unspecified atom stereocenters. The lowest BCUT2D eigenvalue weighted by Crippen LogP contribution is -2.28. The Morgan fingerprint density at radius 1 is 0.644 bits per heavy atom. The number of hydrogen-bond donors (Lipinski definition) is 0. The summed E-state index contributed by atoms with van der Waals surface area (Å²) in [6, 6.07) is 58.7. The van der Waals surface area contributed by atoms with E-state index in [2.05, 4.69) is 255 Å². The molecule has 0 fully saturated rings. The summed E-state index contributed by atoms with van der Waals surface area (Å²) in [6.45, 7) is 12.6. The fraction of sp³-hybridized carbons (Fsp3) is 0.183. The maximum absolute atomic E-state index is 4.23. The topological polar surface area (TPSA) is 6.48 Å². The molecule has 362 valence electrons. The van der Waals surface area contributed by atoms with E-state index in [4.69, 9.17) is 0 Å². The minimum atomic E-state index is -0.276. The molecular weight excluding hydrogens is 881 g/mol. The molecule has 0 aromatic heterocycles. The summed E-state index contributed by atoms with van der Waals surface area (Å²) in [6.07, 6.45) is 37.4. The van der Waals surface area contributed by atoms with Gasteiger partial charge in [0.2, 0.25) is 0 Å². The lowest BCUT2D eigenvalue weighted by molar-refractivity contribution is 0.404. The lowest BCUT2D eigenvalue weighted by atomic mass is 9.69. The fourth-order valence-electron chi connectivity index (χ4n) is 11.8. The summed E-state index contributed by atoms with van der Waals surface area (Å²) in [5, 5.41) is 2.44. The smallest absolute Gasteiger partial charge is 0.0539 e. The molecule has 2 heteroatoms. The number of para-hydroxylation sites is 1. The zero-order valence-corrected chi connectivity index (χ0v) is 42.8. The molecule has 0 saturated heterocycles. The van der Waals surface area contributed by atoms with E-state index in [0.717, 1.165) is 75.6 Å². The Kier molecular flexibility index (Phi) is 15.1. The Labute approximate surface area is 435 Å². The Balaban J connectivity index is 1.17. The van der Waals surface area contributed by atoms with Gasteiger partial charge in [0.15, 0.2) is 0 Å². The van der Waals surface area contributed by atoms with Crippen LogP contribution in [0.2, 0.25) is 0 Å². The largest absolute Gasteiger partial charge is 0.313 e. The Morgan fingerprint density at radius 3 is 2.16 bits per heavy atom. The van der Waals surface area contributed by atoms with Gasteiger partial charge in [-0.25, -0.2) is 0 Å². The highest BCUT2D eigenvalue weighted by atomic mass is 15.2. The third-order valence-electron chi connectivity index (χ3n) is 15.1. The maximum atomic E-state index is 4.23. The van der Waals surface area contributed by atoms with Crippen LogP contribution in [0.1, 0.15) is 103 Å². The standard InChI is InChI=1S/C71H68N2/c1-5-25-59(26-6-2)72(69-43-23-36-58-34-14-15-41-64(58)69)61-39-24-42-65-66-46-45-62(73(60-37-11-9-12-38-60)70-44-22-35-57-33-10-8-13-40-63(57)70)52-68(66)71(67(65)51-61,47-18-16-28-55-31-20-27-53(4)49-55)48-19-17-29-56-32-21-30-54(7-3)50-56/h5-7,9-15,20-27,30-38,40-46,49-52H,1,3,8,16-19,28-29,39,47-48H2,2,4H3/b26-6-,59-25+. The van der Waals surface area contributed by atoms with Crippen molar-refractivity contribution in [1.82, 2.24) is 0 Å². The molecule has 3 aliphatic rings. The van der Waals surface area contributed by atoms with Crippen molar-refractivity contribution >= 4 is 57.3 Å². The van der Waals surface area contributed by atoms with Gasteiger partial charge in [0.05, 0.1) is 11.4 Å². The highest BCUT2D eigenvalue weighted by Crippen LogP contribution is 2.56. The van der Waals surface area contributed by atoms with Crippen LogP contribution in [-0.4, -0.2) is 0 Å². The minimum Gasteiger partial charge on any atom is -0.313 e. The van der Waals surface area contributed by atoms with Gasteiger partial charge in [-0.05, 0) is 163 Å². The maximum Gasteiger partial charge on any atom is 0.0539 e. The van der Waals surface area contributed by atoms with E-state index in [1.807, 2.05) is 12.2 Å². The van der Waals surface area contributed by atoms with Gasteiger partial charge < -0.3 is 9.80 Å². The van der Waals surface area contributed by atoms with Gasteiger partial charge in [-0.3, -0.25) is 0 Å². The van der Waals surface area contributed by atoms with Crippen LogP contribution in [0.15, 0.2) is 243 Å². The third-order valence-corrected chi connectivity index (χ3v) is 15.1. The zero-order chi connectivity index (χ0) is 50.0. The Morgan fingerprint density at radius 2 is 1.37 bits per heavy atom. The molecule has 3 aliphatic carbocycles. The van der Waals surface area contributed by atoms with E-state index >= 15 is 0 Å². The second-order valence-electron chi connectivity index (χ2n) is 19.9. The summed E-state index contributed by atoms with van der Waals surface area (Å²) >= 11 is 0. The Bertz CT molecular complexity index is 3360. The third kappa shape index (κ3) is 10.4. The van der Waals surface area contributed by atoms with Gasteiger partial charge in [0.25, 0.3) is 0 Å². The number of rotatable bonds is 19. The molecule has 10 rings (SSSR count). The molecule has 7 aromatic rings. The van der Waals surface area contributed by atoms with Gasteiger partial charge in [-0.1, -0.05) is 208 Å². The lowest BCUT2D eigenvalue weighted by Gasteiger charge is -2.36. The van der Waals surface area contributed by atoms with E-state index in [1.165, 1.54) is 89.2 Å². The SMILES string of the molecule is C=C/C=C(\C=C/C)N(C1=CC2=C(C=CC1)c1ccc(N(c3ccccc3)c3cccc4c3C=CCC=C4)cc1C2(CCCCc1cccc(C)c1)CCCCc1cccc(C=C)c1)c1cccc2ccccc12. The molecule has 0 heterocycles. The van der Waals surface area contributed by atoms with E-state index < -0.39 is 0 Å². The van der Waals surface area contributed by atoms with Crippen molar-refractivity contribution in [2.75, 3.05) is 9.80 Å². The van der Waals surface area contributed by atoms with E-state index in [1.54, 1.807) is 0 Å². The molecule has 0 amide bonds.